The summed E-state index contributed by atoms with van der Waals surface area (Å²) < 4.78 is 6.51. The smallest absolute Gasteiger partial charge is 0.144 e. The molecular formula is C61H65IrN3OSi. The van der Waals surface area contributed by atoms with E-state index in [1.54, 1.807) is 0 Å². The molecule has 67 heavy (non-hydrogen) atoms. The second-order valence-electron chi connectivity index (χ2n) is 19.4. The molecule has 1 aliphatic carbocycles. The second-order valence-corrected chi connectivity index (χ2v) is 24.4. The third kappa shape index (κ3) is 11.9. The number of nitrogens with zero attached hydrogens (tertiary/aromatic N) is 3. The minimum atomic E-state index is -1.33. The van der Waals surface area contributed by atoms with Gasteiger partial charge >= 0.3 is 0 Å². The molecule has 0 unspecified atom stereocenters. The Morgan fingerprint density at radius 1 is 0.597 bits per heavy atom. The fourth-order valence-corrected chi connectivity index (χ4v) is 11.2. The van der Waals surface area contributed by atoms with Crippen molar-refractivity contribution in [3.8, 4) is 44.9 Å². The van der Waals surface area contributed by atoms with E-state index < -0.39 is 8.07 Å². The van der Waals surface area contributed by atoms with Gasteiger partial charge in [-0.15, -0.1) is 0 Å². The van der Waals surface area contributed by atoms with Crippen LogP contribution in [0.3, 0.4) is 0 Å². The summed E-state index contributed by atoms with van der Waals surface area (Å²) in [7, 11) is -1.33. The molecule has 4 heterocycles. The molecule has 1 aliphatic rings. The number of para-hydroxylation sites is 1. The van der Waals surface area contributed by atoms with Crippen LogP contribution in [-0.2, 0) is 32.9 Å². The van der Waals surface area contributed by atoms with Crippen molar-refractivity contribution in [3.63, 3.8) is 0 Å². The minimum Gasteiger partial charge on any atom is -0.455 e. The van der Waals surface area contributed by atoms with Gasteiger partial charge in [-0.2, -0.15) is 0 Å². The molecule has 0 atom stereocenters. The Balaban J connectivity index is 0.000000166. The zero-order valence-corrected chi connectivity index (χ0v) is 44.0. The number of hydrogen-bond donors (Lipinski definition) is 0. The van der Waals surface area contributed by atoms with Gasteiger partial charge in [0.2, 0.25) is 0 Å². The zero-order valence-electron chi connectivity index (χ0n) is 40.6. The predicted octanol–water partition coefficient (Wildman–Crippen LogP) is 16.4. The van der Waals surface area contributed by atoms with Gasteiger partial charge in [-0.05, 0) is 131 Å². The number of furan rings is 1. The number of aryl methyl sites for hydroxylation is 3. The molecule has 4 aromatic heterocycles. The van der Waals surface area contributed by atoms with E-state index in [1.165, 1.54) is 80.9 Å². The number of fused-ring (bicyclic) bond motifs is 3. The summed E-state index contributed by atoms with van der Waals surface area (Å²) in [4.78, 5) is 13.8. The molecule has 0 N–H and O–H groups in total. The molecule has 0 saturated heterocycles. The Morgan fingerprint density at radius 3 is 1.82 bits per heavy atom. The number of hydrogen-bond acceptors (Lipinski definition) is 4. The molecule has 0 amide bonds. The standard InChI is InChI=1S/C31H29NO.C17H23NSi.C13H13N.Ir/c1-20-7-5-8-21(2)30(20)24-13-14-25-26-11-6-12-27(31(26)33-29(25)19-24)28-18-23(15-16-32-28)17-22-9-3-4-10-22;1-13(2)15-11-16(14-9-7-6-8-10-14)18-12-17(15)19(3,4)5;1-2-11-8-9-14-13(10-11)12-6-4-3-5-7-12;/h5-8,11-16,18-19,22H,3-4,9-10,17H2,1-2H3;6-13H,1-5H3;3-10H,2H2,1H3;. The molecule has 0 aliphatic heterocycles. The van der Waals surface area contributed by atoms with Crippen molar-refractivity contribution in [2.45, 2.75) is 98.7 Å². The molecule has 1 fully saturated rings. The second kappa shape index (κ2) is 22.3. The molecule has 5 aromatic carbocycles. The summed E-state index contributed by atoms with van der Waals surface area (Å²) >= 11 is 0. The van der Waals surface area contributed by atoms with Crippen molar-refractivity contribution < 1.29 is 24.5 Å². The van der Waals surface area contributed by atoms with Crippen LogP contribution in [0.5, 0.6) is 0 Å². The van der Waals surface area contributed by atoms with E-state index in [4.69, 9.17) is 14.4 Å². The van der Waals surface area contributed by atoms with Crippen molar-refractivity contribution >= 4 is 35.2 Å². The maximum atomic E-state index is 6.51. The van der Waals surface area contributed by atoms with Gasteiger partial charge in [0.1, 0.15) is 11.2 Å². The van der Waals surface area contributed by atoms with Crippen LogP contribution in [0.25, 0.3) is 66.8 Å². The minimum absolute atomic E-state index is 0. The van der Waals surface area contributed by atoms with E-state index in [0.717, 1.165) is 63.3 Å². The van der Waals surface area contributed by atoms with Gasteiger partial charge in [-0.25, -0.2) is 0 Å². The summed E-state index contributed by atoms with van der Waals surface area (Å²) in [6, 6.07) is 51.1. The first-order valence-corrected chi connectivity index (χ1v) is 27.5. The van der Waals surface area contributed by atoms with E-state index in [9.17, 15) is 0 Å². The molecule has 9 aromatic rings. The van der Waals surface area contributed by atoms with Crippen molar-refractivity contribution in [1.29, 1.82) is 0 Å². The summed E-state index contributed by atoms with van der Waals surface area (Å²) in [6.07, 6.45) is 13.6. The summed E-state index contributed by atoms with van der Waals surface area (Å²) in [5, 5.41) is 3.80. The van der Waals surface area contributed by atoms with Crippen LogP contribution >= 0.6 is 0 Å². The van der Waals surface area contributed by atoms with E-state index >= 15 is 0 Å². The first kappa shape index (κ1) is 49.1. The molecule has 1 radical (unpaired) electrons. The number of rotatable bonds is 9. The maximum Gasteiger partial charge on any atom is 0.144 e. The van der Waals surface area contributed by atoms with Gasteiger partial charge in [0, 0.05) is 66.2 Å². The Labute approximate surface area is 413 Å². The Kier molecular flexibility index (Phi) is 16.4. The molecule has 1 saturated carbocycles. The molecule has 0 spiro atoms. The number of aromatic nitrogens is 3. The van der Waals surface area contributed by atoms with Crippen LogP contribution in [0.1, 0.15) is 80.2 Å². The largest absolute Gasteiger partial charge is 0.455 e. The van der Waals surface area contributed by atoms with Gasteiger partial charge in [0.15, 0.2) is 0 Å². The molecule has 343 valence electrons. The number of pyridine rings is 3. The van der Waals surface area contributed by atoms with Crippen LogP contribution in [0.2, 0.25) is 19.6 Å². The molecule has 0 bridgehead atoms. The van der Waals surface area contributed by atoms with Crippen molar-refractivity contribution in [3.05, 3.63) is 192 Å². The topological polar surface area (TPSA) is 51.8 Å². The third-order valence-electron chi connectivity index (χ3n) is 13.1. The average Bonchev–Trinajstić information content (AvgIpc) is 4.00. The van der Waals surface area contributed by atoms with Gasteiger partial charge in [-0.1, -0.05) is 163 Å². The summed E-state index contributed by atoms with van der Waals surface area (Å²) in [5.41, 5.74) is 17.7. The van der Waals surface area contributed by atoms with Crippen LogP contribution in [-0.4, -0.2) is 23.0 Å². The summed E-state index contributed by atoms with van der Waals surface area (Å²) in [5.74, 6) is 1.37. The van der Waals surface area contributed by atoms with Gasteiger partial charge in [0.05, 0.1) is 25.2 Å². The fraction of sp³-hybridized carbons (Fsp3) is 0.262. The van der Waals surface area contributed by atoms with E-state index in [2.05, 4.69) is 187 Å². The van der Waals surface area contributed by atoms with Crippen LogP contribution < -0.4 is 5.19 Å². The Morgan fingerprint density at radius 2 is 1.19 bits per heavy atom. The number of benzene rings is 5. The quantitative estimate of drug-likeness (QED) is 0.135. The van der Waals surface area contributed by atoms with Crippen LogP contribution in [0, 0.1) is 19.8 Å². The predicted molar refractivity (Wildman–Crippen MR) is 283 cm³/mol. The van der Waals surface area contributed by atoms with Crippen molar-refractivity contribution in [2.24, 2.45) is 5.92 Å². The van der Waals surface area contributed by atoms with E-state index in [-0.39, 0.29) is 20.1 Å². The van der Waals surface area contributed by atoms with E-state index in [0.29, 0.717) is 5.92 Å². The maximum absolute atomic E-state index is 6.51. The fourth-order valence-electron chi connectivity index (χ4n) is 9.52. The molecular weight excluding hydrogens is 1010 g/mol. The van der Waals surface area contributed by atoms with Crippen molar-refractivity contribution in [1.82, 2.24) is 15.0 Å². The molecule has 10 rings (SSSR count). The normalized spacial score (nSPS) is 12.6. The Bertz CT molecular complexity index is 3020. The van der Waals surface area contributed by atoms with Gasteiger partial charge in [0.25, 0.3) is 0 Å². The van der Waals surface area contributed by atoms with Crippen LogP contribution in [0.4, 0.5) is 0 Å². The van der Waals surface area contributed by atoms with Gasteiger partial charge in [-0.3, -0.25) is 15.0 Å². The monoisotopic (exact) mass is 1080 g/mol. The SMILES string of the molecule is CC(C)c1cc(-c2ccccc2)ncc1[Si](C)(C)C.CCc1ccnc(-c2ccccc2)c1.Cc1cccc(C)c1-c1ccc2c(c1)oc1c(-c3cc(CC4CCCC4)ccn3)cccc12.[Ir]. The first-order valence-electron chi connectivity index (χ1n) is 24.0. The van der Waals surface area contributed by atoms with Crippen LogP contribution in [0.15, 0.2) is 169 Å². The first-order chi connectivity index (χ1) is 32.0. The average molecular weight is 1080 g/mol. The van der Waals surface area contributed by atoms with E-state index in [1.807, 2.05) is 36.7 Å². The molecule has 4 nitrogen and oxygen atoms in total. The zero-order chi connectivity index (χ0) is 46.2. The molecule has 6 heteroatoms. The van der Waals surface area contributed by atoms with Gasteiger partial charge < -0.3 is 4.42 Å². The Hall–Kier alpha value is -5.78. The third-order valence-corrected chi connectivity index (χ3v) is 15.1. The van der Waals surface area contributed by atoms with Crippen molar-refractivity contribution in [2.75, 3.05) is 0 Å². The summed E-state index contributed by atoms with van der Waals surface area (Å²) in [6.45, 7) is 18.2.